The van der Waals surface area contributed by atoms with Crippen LogP contribution in [0.2, 0.25) is 0 Å². The molecule has 2 aromatic rings. The van der Waals surface area contributed by atoms with Gasteiger partial charge in [-0.2, -0.15) is 0 Å². The zero-order valence-corrected chi connectivity index (χ0v) is 17.2. The van der Waals surface area contributed by atoms with Gasteiger partial charge in [0.25, 0.3) is 0 Å². The van der Waals surface area contributed by atoms with Gasteiger partial charge < -0.3 is 15.8 Å². The van der Waals surface area contributed by atoms with Crippen LogP contribution in [0.3, 0.4) is 0 Å². The summed E-state index contributed by atoms with van der Waals surface area (Å²) in [5, 5.41) is 3.01. The molecule has 1 amide bonds. The number of para-hydroxylation sites is 1. The van der Waals surface area contributed by atoms with Crippen LogP contribution < -0.4 is 15.8 Å². The first kappa shape index (κ1) is 22.2. The number of hydrogen-bond donors (Lipinski definition) is 2. The molecule has 1 saturated heterocycles. The zero-order chi connectivity index (χ0) is 19.1. The van der Waals surface area contributed by atoms with Gasteiger partial charge in [0, 0.05) is 13.1 Å². The van der Waals surface area contributed by atoms with Gasteiger partial charge in [-0.15, -0.1) is 12.4 Å². The summed E-state index contributed by atoms with van der Waals surface area (Å²) < 4.78 is 5.75. The first-order chi connectivity index (χ1) is 13.1. The summed E-state index contributed by atoms with van der Waals surface area (Å²) in [5.41, 5.74) is 8.16. The standard InChI is InChI=1S/C22H29N3O2.ClH/c1-22(16-23)11-12-25(17-22)14-21(26)24-13-18-7-9-19(10-8-18)15-27-20-5-3-2-4-6-20;/h2-10H,11-17,23H2,1H3,(H,24,26);1H. The second-order valence-corrected chi connectivity index (χ2v) is 7.67. The fourth-order valence-electron chi connectivity index (χ4n) is 3.32. The Hall–Kier alpha value is -2.08. The molecule has 6 heteroatoms. The molecule has 0 aliphatic carbocycles. The van der Waals surface area contributed by atoms with Crippen LogP contribution in [0.4, 0.5) is 0 Å². The summed E-state index contributed by atoms with van der Waals surface area (Å²) in [6.07, 6.45) is 1.06. The van der Waals surface area contributed by atoms with Crippen molar-refractivity contribution >= 4 is 18.3 Å². The minimum Gasteiger partial charge on any atom is -0.489 e. The topological polar surface area (TPSA) is 67.6 Å². The van der Waals surface area contributed by atoms with Gasteiger partial charge in [0.05, 0.1) is 6.54 Å². The number of halogens is 1. The van der Waals surface area contributed by atoms with Gasteiger partial charge in [0.2, 0.25) is 5.91 Å². The van der Waals surface area contributed by atoms with Crippen molar-refractivity contribution in [2.24, 2.45) is 11.1 Å². The van der Waals surface area contributed by atoms with Crippen molar-refractivity contribution in [3.05, 3.63) is 65.7 Å². The average Bonchev–Trinajstić information content (AvgIpc) is 3.07. The van der Waals surface area contributed by atoms with E-state index in [9.17, 15) is 4.79 Å². The lowest BCUT2D eigenvalue weighted by Crippen LogP contribution is -2.38. The van der Waals surface area contributed by atoms with Crippen LogP contribution in [0.25, 0.3) is 0 Å². The van der Waals surface area contributed by atoms with E-state index < -0.39 is 0 Å². The number of ether oxygens (including phenoxy) is 1. The molecule has 28 heavy (non-hydrogen) atoms. The van der Waals surface area contributed by atoms with Crippen LogP contribution in [0, 0.1) is 5.41 Å². The third-order valence-corrected chi connectivity index (χ3v) is 5.16. The molecule has 3 rings (SSSR count). The maximum absolute atomic E-state index is 12.2. The molecule has 1 atom stereocenters. The van der Waals surface area contributed by atoms with Crippen molar-refractivity contribution in [1.82, 2.24) is 10.2 Å². The summed E-state index contributed by atoms with van der Waals surface area (Å²) in [6, 6.07) is 17.9. The quantitative estimate of drug-likeness (QED) is 0.711. The van der Waals surface area contributed by atoms with Crippen molar-refractivity contribution in [3.8, 4) is 5.75 Å². The second kappa shape index (κ2) is 10.5. The predicted molar refractivity (Wildman–Crippen MR) is 115 cm³/mol. The van der Waals surface area contributed by atoms with E-state index in [1.807, 2.05) is 54.6 Å². The molecule has 0 bridgehead atoms. The fraction of sp³-hybridized carbons (Fsp3) is 0.409. The highest BCUT2D eigenvalue weighted by Crippen LogP contribution is 2.27. The highest BCUT2D eigenvalue weighted by Gasteiger charge is 2.32. The molecule has 5 nitrogen and oxygen atoms in total. The molecule has 0 aromatic heterocycles. The Morgan fingerprint density at radius 1 is 1.14 bits per heavy atom. The summed E-state index contributed by atoms with van der Waals surface area (Å²) in [7, 11) is 0. The minimum absolute atomic E-state index is 0. The Kier molecular flexibility index (Phi) is 8.30. The molecule has 3 N–H and O–H groups in total. The molecular formula is C22H30ClN3O2. The highest BCUT2D eigenvalue weighted by atomic mass is 35.5. The monoisotopic (exact) mass is 403 g/mol. The first-order valence-corrected chi connectivity index (χ1v) is 9.51. The number of carbonyl (C=O) groups excluding carboxylic acids is 1. The van der Waals surface area contributed by atoms with Crippen molar-refractivity contribution < 1.29 is 9.53 Å². The van der Waals surface area contributed by atoms with Gasteiger partial charge in [-0.1, -0.05) is 49.4 Å². The van der Waals surface area contributed by atoms with E-state index in [0.717, 1.165) is 36.4 Å². The lowest BCUT2D eigenvalue weighted by molar-refractivity contribution is -0.122. The van der Waals surface area contributed by atoms with E-state index in [1.165, 1.54) is 0 Å². The molecule has 1 aliphatic rings. The fourth-order valence-corrected chi connectivity index (χ4v) is 3.32. The predicted octanol–water partition coefficient (Wildman–Crippen LogP) is 2.97. The van der Waals surface area contributed by atoms with E-state index in [1.54, 1.807) is 0 Å². The van der Waals surface area contributed by atoms with Crippen LogP contribution >= 0.6 is 12.4 Å². The Morgan fingerprint density at radius 3 is 2.46 bits per heavy atom. The number of carbonyl (C=O) groups is 1. The Balaban J connectivity index is 0.00000280. The first-order valence-electron chi connectivity index (χ1n) is 9.51. The van der Waals surface area contributed by atoms with E-state index in [-0.39, 0.29) is 23.7 Å². The van der Waals surface area contributed by atoms with Crippen LogP contribution in [-0.2, 0) is 17.9 Å². The molecule has 1 unspecified atom stereocenters. The van der Waals surface area contributed by atoms with Crippen LogP contribution in [-0.4, -0.2) is 37.0 Å². The number of hydrogen-bond acceptors (Lipinski definition) is 4. The van der Waals surface area contributed by atoms with E-state index in [4.69, 9.17) is 10.5 Å². The summed E-state index contributed by atoms with van der Waals surface area (Å²) in [5.74, 6) is 0.925. The van der Waals surface area contributed by atoms with Crippen LogP contribution in [0.1, 0.15) is 24.5 Å². The highest BCUT2D eigenvalue weighted by molar-refractivity contribution is 5.85. The van der Waals surface area contributed by atoms with Crippen molar-refractivity contribution in [2.75, 3.05) is 26.2 Å². The molecule has 1 aliphatic heterocycles. The van der Waals surface area contributed by atoms with Gasteiger partial charge in [-0.05, 0) is 48.2 Å². The largest absolute Gasteiger partial charge is 0.489 e. The maximum atomic E-state index is 12.2. The molecule has 0 spiro atoms. The number of amides is 1. The maximum Gasteiger partial charge on any atom is 0.234 e. The van der Waals surface area contributed by atoms with Crippen molar-refractivity contribution in [3.63, 3.8) is 0 Å². The van der Waals surface area contributed by atoms with E-state index >= 15 is 0 Å². The number of rotatable bonds is 8. The van der Waals surface area contributed by atoms with Crippen molar-refractivity contribution in [1.29, 1.82) is 0 Å². The van der Waals surface area contributed by atoms with Crippen LogP contribution in [0.15, 0.2) is 54.6 Å². The number of nitrogens with two attached hydrogens (primary N) is 1. The average molecular weight is 404 g/mol. The third kappa shape index (κ3) is 6.51. The Bertz CT molecular complexity index is 739. The molecule has 1 fully saturated rings. The SMILES string of the molecule is CC1(CN)CCN(CC(=O)NCc2ccc(COc3ccccc3)cc2)C1.Cl. The minimum atomic E-state index is 0. The van der Waals surface area contributed by atoms with Crippen LogP contribution in [0.5, 0.6) is 5.75 Å². The molecule has 1 heterocycles. The zero-order valence-electron chi connectivity index (χ0n) is 16.4. The van der Waals surface area contributed by atoms with Gasteiger partial charge in [0.1, 0.15) is 12.4 Å². The van der Waals surface area contributed by atoms with Crippen molar-refractivity contribution in [2.45, 2.75) is 26.5 Å². The molecule has 152 valence electrons. The summed E-state index contributed by atoms with van der Waals surface area (Å²) >= 11 is 0. The number of benzene rings is 2. The van der Waals surface area contributed by atoms with Gasteiger partial charge in [-0.3, -0.25) is 9.69 Å². The summed E-state index contributed by atoms with van der Waals surface area (Å²) in [4.78, 5) is 14.4. The van der Waals surface area contributed by atoms with E-state index in [2.05, 4.69) is 17.1 Å². The summed E-state index contributed by atoms with van der Waals surface area (Å²) in [6.45, 7) is 6.22. The number of likely N-dealkylation sites (tertiary alicyclic amines) is 1. The molecule has 0 saturated carbocycles. The molecule has 0 radical (unpaired) electrons. The molecule has 2 aromatic carbocycles. The normalized spacial score (nSPS) is 19.1. The van der Waals surface area contributed by atoms with Gasteiger partial charge >= 0.3 is 0 Å². The number of nitrogens with zero attached hydrogens (tertiary/aromatic N) is 1. The lowest BCUT2D eigenvalue weighted by Gasteiger charge is -2.22. The third-order valence-electron chi connectivity index (χ3n) is 5.16. The smallest absolute Gasteiger partial charge is 0.234 e. The Morgan fingerprint density at radius 2 is 1.82 bits per heavy atom. The lowest BCUT2D eigenvalue weighted by atomic mass is 9.90. The number of nitrogens with one attached hydrogen (secondary N) is 1. The van der Waals surface area contributed by atoms with Gasteiger partial charge in [0.15, 0.2) is 0 Å². The second-order valence-electron chi connectivity index (χ2n) is 7.67. The van der Waals surface area contributed by atoms with E-state index in [0.29, 0.717) is 26.2 Å². The Labute approximate surface area is 173 Å². The molecular weight excluding hydrogens is 374 g/mol. The van der Waals surface area contributed by atoms with Gasteiger partial charge in [-0.25, -0.2) is 0 Å².